The van der Waals surface area contributed by atoms with Crippen LogP contribution in [-0.4, -0.2) is 4.98 Å². The molecule has 2 aromatic heterocycles. The Balaban J connectivity index is 1.12. The molecule has 0 aliphatic heterocycles. The molecule has 0 fully saturated rings. The first kappa shape index (κ1) is 28.2. The first-order chi connectivity index (χ1) is 24.3. The van der Waals surface area contributed by atoms with Gasteiger partial charge < -0.3 is 4.90 Å². The number of aromatic nitrogens is 1. The van der Waals surface area contributed by atoms with Gasteiger partial charge in [0.2, 0.25) is 0 Å². The summed E-state index contributed by atoms with van der Waals surface area (Å²) in [4.78, 5) is 7.64. The molecule has 0 N–H and O–H groups in total. The molecule has 10 aromatic rings. The molecular weight excluding hydrogens is 633 g/mol. The van der Waals surface area contributed by atoms with E-state index in [1.807, 2.05) is 11.3 Å². The number of hydrogen-bond donors (Lipinski definition) is 0. The first-order valence-electron chi connectivity index (χ1n) is 16.5. The lowest BCUT2D eigenvalue weighted by Crippen LogP contribution is -2.10. The molecule has 0 amide bonds. The maximum absolute atomic E-state index is 5.26. The number of rotatable bonds is 5. The Bertz CT molecular complexity index is 2760. The van der Waals surface area contributed by atoms with Crippen LogP contribution < -0.4 is 4.90 Å². The summed E-state index contributed by atoms with van der Waals surface area (Å²) >= 11 is 3.63. The molecule has 2 heterocycles. The highest BCUT2D eigenvalue weighted by Crippen LogP contribution is 2.44. The van der Waals surface area contributed by atoms with Crippen molar-refractivity contribution in [3.63, 3.8) is 0 Å². The largest absolute Gasteiger partial charge is 0.310 e. The fourth-order valence-corrected chi connectivity index (χ4v) is 9.37. The molecule has 0 spiro atoms. The average molecular weight is 661 g/mol. The van der Waals surface area contributed by atoms with Crippen molar-refractivity contribution in [1.82, 2.24) is 4.98 Å². The second kappa shape index (κ2) is 11.4. The summed E-state index contributed by atoms with van der Waals surface area (Å²) in [6, 6.07) is 61.3. The maximum atomic E-state index is 5.26. The van der Waals surface area contributed by atoms with E-state index in [2.05, 4.69) is 175 Å². The molecule has 230 valence electrons. The topological polar surface area (TPSA) is 16.1 Å². The van der Waals surface area contributed by atoms with E-state index in [-0.39, 0.29) is 0 Å². The van der Waals surface area contributed by atoms with Crippen molar-refractivity contribution in [3.8, 4) is 21.7 Å². The lowest BCUT2D eigenvalue weighted by atomic mass is 10.0. The monoisotopic (exact) mass is 660 g/mol. The highest BCUT2D eigenvalue weighted by atomic mass is 32.1. The van der Waals surface area contributed by atoms with Crippen molar-refractivity contribution < 1.29 is 0 Å². The Morgan fingerprint density at radius 1 is 0.367 bits per heavy atom. The Morgan fingerprint density at radius 3 is 1.80 bits per heavy atom. The third kappa shape index (κ3) is 4.72. The zero-order valence-corrected chi connectivity index (χ0v) is 28.0. The van der Waals surface area contributed by atoms with E-state index < -0.39 is 0 Å². The van der Waals surface area contributed by atoms with Gasteiger partial charge in [-0.3, -0.25) is 0 Å². The van der Waals surface area contributed by atoms with Gasteiger partial charge in [-0.2, -0.15) is 0 Å². The molecule has 0 aliphatic rings. The van der Waals surface area contributed by atoms with Gasteiger partial charge in [-0.15, -0.1) is 22.7 Å². The Kier molecular flexibility index (Phi) is 6.57. The SMILES string of the molecule is c1ccc(-c2cccc(N(c3ccc(-c4nc5c6ccccc6c6ccccc6c5s4)cc3)c3ccc4sc5ccccc5c4c3)c2)cc1. The van der Waals surface area contributed by atoms with Crippen LogP contribution in [0.15, 0.2) is 170 Å². The molecule has 0 atom stereocenters. The number of fused-ring (bicyclic) bond motifs is 9. The Hall–Kier alpha value is -5.81. The zero-order valence-electron chi connectivity index (χ0n) is 26.4. The maximum Gasteiger partial charge on any atom is 0.124 e. The van der Waals surface area contributed by atoms with Crippen molar-refractivity contribution in [1.29, 1.82) is 0 Å². The number of thiazole rings is 1. The van der Waals surface area contributed by atoms with Gasteiger partial charge >= 0.3 is 0 Å². The van der Waals surface area contributed by atoms with E-state index in [1.165, 1.54) is 57.5 Å². The fraction of sp³-hybridized carbons (Fsp3) is 0. The number of thiophene rings is 1. The zero-order chi connectivity index (χ0) is 32.3. The van der Waals surface area contributed by atoms with Gasteiger partial charge in [0.1, 0.15) is 5.01 Å². The second-order valence-electron chi connectivity index (χ2n) is 12.4. The van der Waals surface area contributed by atoms with Crippen LogP contribution in [0.4, 0.5) is 17.1 Å². The van der Waals surface area contributed by atoms with E-state index in [0.29, 0.717) is 0 Å². The van der Waals surface area contributed by atoms with Crippen LogP contribution in [0.5, 0.6) is 0 Å². The third-order valence-electron chi connectivity index (χ3n) is 9.47. The van der Waals surface area contributed by atoms with Crippen LogP contribution in [0, 0.1) is 0 Å². The molecule has 49 heavy (non-hydrogen) atoms. The Morgan fingerprint density at radius 2 is 0.980 bits per heavy atom. The van der Waals surface area contributed by atoms with Crippen LogP contribution in [-0.2, 0) is 0 Å². The summed E-state index contributed by atoms with van der Waals surface area (Å²) < 4.78 is 3.85. The molecular formula is C45H28N2S2. The molecule has 2 nitrogen and oxygen atoms in total. The van der Waals surface area contributed by atoms with Crippen LogP contribution in [0.2, 0.25) is 0 Å². The predicted molar refractivity (Wildman–Crippen MR) is 213 cm³/mol. The van der Waals surface area contributed by atoms with Crippen LogP contribution in [0.3, 0.4) is 0 Å². The minimum atomic E-state index is 1.03. The van der Waals surface area contributed by atoms with E-state index in [9.17, 15) is 0 Å². The summed E-state index contributed by atoms with van der Waals surface area (Å²) in [6.45, 7) is 0. The van der Waals surface area contributed by atoms with Crippen molar-refractivity contribution in [2.75, 3.05) is 4.90 Å². The summed E-state index contributed by atoms with van der Waals surface area (Å²) in [5.41, 5.74) is 7.94. The molecule has 0 radical (unpaired) electrons. The molecule has 4 heteroatoms. The summed E-state index contributed by atoms with van der Waals surface area (Å²) in [6.07, 6.45) is 0. The van der Waals surface area contributed by atoms with Crippen LogP contribution >= 0.6 is 22.7 Å². The molecule has 10 rings (SSSR count). The molecule has 0 bridgehead atoms. The molecule has 0 saturated heterocycles. The quantitative estimate of drug-likeness (QED) is 0.171. The van der Waals surface area contributed by atoms with Gasteiger partial charge in [-0.25, -0.2) is 4.98 Å². The van der Waals surface area contributed by atoms with Crippen molar-refractivity contribution in [3.05, 3.63) is 170 Å². The lowest BCUT2D eigenvalue weighted by molar-refractivity contribution is 1.29. The number of hydrogen-bond acceptors (Lipinski definition) is 4. The van der Waals surface area contributed by atoms with E-state index in [1.54, 1.807) is 11.3 Å². The third-order valence-corrected chi connectivity index (χ3v) is 11.8. The average Bonchev–Trinajstić information content (AvgIpc) is 3.79. The van der Waals surface area contributed by atoms with Gasteiger partial charge in [0.05, 0.1) is 10.2 Å². The van der Waals surface area contributed by atoms with Gasteiger partial charge in [0.25, 0.3) is 0 Å². The normalized spacial score (nSPS) is 11.7. The molecule has 0 unspecified atom stereocenters. The van der Waals surface area contributed by atoms with Gasteiger partial charge in [-0.05, 0) is 82.6 Å². The van der Waals surface area contributed by atoms with Crippen molar-refractivity contribution >= 4 is 91.7 Å². The van der Waals surface area contributed by atoms with Crippen molar-refractivity contribution in [2.24, 2.45) is 0 Å². The van der Waals surface area contributed by atoms with E-state index >= 15 is 0 Å². The number of benzene rings is 8. The summed E-state index contributed by atoms with van der Waals surface area (Å²) in [7, 11) is 0. The number of nitrogens with zero attached hydrogens (tertiary/aromatic N) is 2. The summed E-state index contributed by atoms with van der Waals surface area (Å²) in [5, 5.41) is 8.61. The van der Waals surface area contributed by atoms with Gasteiger partial charge in [0, 0.05) is 53.6 Å². The fourth-order valence-electron chi connectivity index (χ4n) is 7.16. The van der Waals surface area contributed by atoms with E-state index in [0.717, 1.165) is 33.1 Å². The first-order valence-corrected chi connectivity index (χ1v) is 18.1. The van der Waals surface area contributed by atoms with Gasteiger partial charge in [-0.1, -0.05) is 109 Å². The smallest absolute Gasteiger partial charge is 0.124 e. The van der Waals surface area contributed by atoms with E-state index in [4.69, 9.17) is 4.98 Å². The molecule has 8 aromatic carbocycles. The highest BCUT2D eigenvalue weighted by Gasteiger charge is 2.18. The minimum Gasteiger partial charge on any atom is -0.310 e. The van der Waals surface area contributed by atoms with Gasteiger partial charge in [0.15, 0.2) is 0 Å². The standard InChI is InChI=1S/C45H28N2S2/c1-2-11-29(12-3-1)31-13-10-14-33(27-31)47(34-25-26-42-40(28-34)37-17-8-9-20-41(37)48-42)32-23-21-30(22-24-32)45-46-43-38-18-6-4-15-35(38)36-16-5-7-19-39(36)44(43)49-45/h1-28H. The Labute approximate surface area is 291 Å². The van der Waals surface area contributed by atoms with Crippen molar-refractivity contribution in [2.45, 2.75) is 0 Å². The highest BCUT2D eigenvalue weighted by molar-refractivity contribution is 7.25. The number of anilines is 3. The van der Waals surface area contributed by atoms with Crippen LogP contribution in [0.25, 0.3) is 73.6 Å². The lowest BCUT2D eigenvalue weighted by Gasteiger charge is -2.26. The minimum absolute atomic E-state index is 1.03. The van der Waals surface area contributed by atoms with Crippen LogP contribution in [0.1, 0.15) is 0 Å². The second-order valence-corrected chi connectivity index (χ2v) is 14.4. The molecule has 0 saturated carbocycles. The predicted octanol–water partition coefficient (Wildman–Crippen LogP) is 13.8. The summed E-state index contributed by atoms with van der Waals surface area (Å²) in [5.74, 6) is 0. The molecule has 0 aliphatic carbocycles.